The summed E-state index contributed by atoms with van der Waals surface area (Å²) < 4.78 is 15.6. The molecule has 3 heterocycles. The molecule has 0 fully saturated rings. The Labute approximate surface area is 314 Å². The molecule has 1 aliphatic rings. The van der Waals surface area contributed by atoms with E-state index in [2.05, 4.69) is 30.2 Å². The number of hydrogen-bond acceptors (Lipinski definition) is 8. The molecule has 0 aliphatic carbocycles. The number of benzene rings is 2. The van der Waals surface area contributed by atoms with Crippen LogP contribution >= 0.6 is 46.7 Å². The maximum atomic E-state index is 13.2. The molecule has 2 aromatic heterocycles. The van der Waals surface area contributed by atoms with Crippen LogP contribution in [0.5, 0.6) is 5.75 Å². The number of thioether (sulfide) groups is 2. The van der Waals surface area contributed by atoms with Crippen molar-refractivity contribution >= 4 is 82.0 Å². The lowest BCUT2D eigenvalue weighted by Crippen LogP contribution is -2.11. The summed E-state index contributed by atoms with van der Waals surface area (Å²) in [6, 6.07) is 10.3. The van der Waals surface area contributed by atoms with Gasteiger partial charge in [-0.15, -0.1) is 23.5 Å². The number of hydrazone groups is 1. The van der Waals surface area contributed by atoms with Gasteiger partial charge in [-0.1, -0.05) is 43.1 Å². The average molecular weight is 757 g/mol. The van der Waals surface area contributed by atoms with Gasteiger partial charge in [-0.05, 0) is 81.2 Å². The molecular formula is C38H47Cl2N5O3S2. The summed E-state index contributed by atoms with van der Waals surface area (Å²) in [4.78, 5) is 14.3. The second-order valence-corrected chi connectivity index (χ2v) is 14.8. The molecule has 4 aromatic rings. The first-order chi connectivity index (χ1) is 24.0. The molecule has 5 rings (SSSR count). The van der Waals surface area contributed by atoms with Crippen molar-refractivity contribution in [3.05, 3.63) is 85.4 Å². The van der Waals surface area contributed by atoms with Gasteiger partial charge in [0.1, 0.15) is 11.4 Å². The Kier molecular flexibility index (Phi) is 14.4. The molecule has 8 nitrogen and oxygen atoms in total. The van der Waals surface area contributed by atoms with Gasteiger partial charge in [0.25, 0.3) is 0 Å². The van der Waals surface area contributed by atoms with Gasteiger partial charge in [0.2, 0.25) is 0 Å². The van der Waals surface area contributed by atoms with Crippen LogP contribution in [0.2, 0.25) is 5.02 Å². The highest BCUT2D eigenvalue weighted by Gasteiger charge is 2.24. The van der Waals surface area contributed by atoms with Crippen LogP contribution < -0.4 is 4.74 Å². The third-order valence-corrected chi connectivity index (χ3v) is 10.6. The summed E-state index contributed by atoms with van der Waals surface area (Å²) in [6.45, 7) is 10.4. The van der Waals surface area contributed by atoms with Gasteiger partial charge in [-0.2, -0.15) is 10.2 Å². The van der Waals surface area contributed by atoms with E-state index in [1.54, 1.807) is 23.5 Å². The predicted octanol–water partition coefficient (Wildman–Crippen LogP) is 10.1. The number of aromatic nitrogens is 3. The highest BCUT2D eigenvalue weighted by molar-refractivity contribution is 7.99. The molecule has 268 valence electrons. The number of ether oxygens (including phenoxy) is 2. The first-order valence-electron chi connectivity index (χ1n) is 16.6. The van der Waals surface area contributed by atoms with Crippen LogP contribution in [0.1, 0.15) is 78.2 Å². The van der Waals surface area contributed by atoms with Gasteiger partial charge < -0.3 is 14.0 Å². The van der Waals surface area contributed by atoms with Crippen molar-refractivity contribution in [2.24, 2.45) is 19.2 Å². The minimum atomic E-state index is -0.394. The van der Waals surface area contributed by atoms with Crippen molar-refractivity contribution in [1.29, 1.82) is 0 Å². The summed E-state index contributed by atoms with van der Waals surface area (Å²) in [5.74, 6) is 2.69. The summed E-state index contributed by atoms with van der Waals surface area (Å²) in [5.41, 5.74) is 8.22. The number of allylic oxidation sites excluding steroid dienone is 2. The van der Waals surface area contributed by atoms with Crippen LogP contribution in [-0.4, -0.2) is 58.1 Å². The highest BCUT2D eigenvalue weighted by atomic mass is 35.5. The standard InChI is InChI=1S/C36H41Cl2N5O3S2.C2H6/c1-22-15-27-19-33(30(22)16-23(2)37)46-13-8-9-28-29-10-11-32(38)31(34(29)41(4)35(28)36(44)45-7)17-24(3)42(5)39-12-14-47-20-25-18-26(21-48-27)43(6)40-25;1-2/h10-12,15-19H,8-9,13-14,20-21H2,1-7H3;1-2H3/b23-16+,24-17+,39-12+;. The van der Waals surface area contributed by atoms with Crippen molar-refractivity contribution in [2.75, 3.05) is 26.5 Å². The number of carbonyl (C=O) groups is 1. The zero-order chi connectivity index (χ0) is 36.5. The Bertz CT molecular complexity index is 1930. The molecule has 1 aliphatic heterocycles. The average Bonchev–Trinajstić information content (AvgIpc) is 3.59. The van der Waals surface area contributed by atoms with Crippen LogP contribution in [0.3, 0.4) is 0 Å². The van der Waals surface area contributed by atoms with E-state index in [0.29, 0.717) is 35.2 Å². The first kappa shape index (κ1) is 39.5. The fourth-order valence-electron chi connectivity index (χ4n) is 5.83. The molecule has 0 unspecified atom stereocenters. The summed E-state index contributed by atoms with van der Waals surface area (Å²) in [5, 5.41) is 13.4. The Morgan fingerprint density at radius 2 is 1.86 bits per heavy atom. The number of hydrogen-bond donors (Lipinski definition) is 0. The minimum absolute atomic E-state index is 0.394. The fraction of sp³-hybridized carbons (Fsp3) is 0.395. The molecule has 0 saturated heterocycles. The molecule has 50 heavy (non-hydrogen) atoms. The van der Waals surface area contributed by atoms with Crippen molar-refractivity contribution in [3.63, 3.8) is 0 Å². The molecule has 12 heteroatoms. The van der Waals surface area contributed by atoms with Gasteiger partial charge >= 0.3 is 5.97 Å². The summed E-state index contributed by atoms with van der Waals surface area (Å²) >= 11 is 16.7. The fourth-order valence-corrected chi connectivity index (χ4v) is 7.82. The normalized spacial score (nSPS) is 16.5. The molecule has 2 aromatic carbocycles. The van der Waals surface area contributed by atoms with Gasteiger partial charge in [-0.3, -0.25) is 9.69 Å². The zero-order valence-corrected chi connectivity index (χ0v) is 33.5. The van der Waals surface area contributed by atoms with Crippen LogP contribution in [0.15, 0.2) is 51.1 Å². The van der Waals surface area contributed by atoms with Crippen molar-refractivity contribution in [2.45, 2.75) is 63.9 Å². The molecule has 0 atom stereocenters. The molecule has 0 radical (unpaired) electrons. The summed E-state index contributed by atoms with van der Waals surface area (Å²) in [7, 11) is 7.20. The molecule has 0 amide bonds. The quantitative estimate of drug-likeness (QED) is 0.189. The van der Waals surface area contributed by atoms with Crippen LogP contribution in [-0.2, 0) is 36.8 Å². The third-order valence-electron chi connectivity index (χ3n) is 8.29. The first-order valence-corrected chi connectivity index (χ1v) is 19.5. The predicted molar refractivity (Wildman–Crippen MR) is 214 cm³/mol. The van der Waals surface area contributed by atoms with E-state index in [0.717, 1.165) is 78.1 Å². The topological polar surface area (TPSA) is 73.9 Å². The van der Waals surface area contributed by atoms with Gasteiger partial charge in [-0.25, -0.2) is 4.79 Å². The van der Waals surface area contributed by atoms with Crippen LogP contribution in [0.4, 0.5) is 0 Å². The molecular weight excluding hydrogens is 709 g/mol. The number of esters is 1. The monoisotopic (exact) mass is 755 g/mol. The maximum absolute atomic E-state index is 13.2. The molecule has 8 bridgehead atoms. The van der Waals surface area contributed by atoms with E-state index < -0.39 is 5.97 Å². The molecule has 0 spiro atoms. The lowest BCUT2D eigenvalue weighted by Gasteiger charge is -2.15. The van der Waals surface area contributed by atoms with Crippen LogP contribution in [0.25, 0.3) is 23.1 Å². The second kappa shape index (κ2) is 18.3. The maximum Gasteiger partial charge on any atom is 0.354 e. The molecule has 0 N–H and O–H groups in total. The lowest BCUT2D eigenvalue weighted by molar-refractivity contribution is 0.0589. The Morgan fingerprint density at radius 3 is 2.58 bits per heavy atom. The highest BCUT2D eigenvalue weighted by Crippen LogP contribution is 2.36. The number of halogens is 2. The minimum Gasteiger partial charge on any atom is -0.493 e. The SMILES string of the molecule is CC.COC(=O)c1c2c3ccc(Cl)c(c3n1C)/C=C(\C)N(C)/N=C/CSCc1cc(n(C)n1)CSc1cc(C)c(/C=C(\C)Cl)c(c1)OCCC2. The van der Waals surface area contributed by atoms with Crippen molar-refractivity contribution < 1.29 is 14.3 Å². The number of nitrogens with zero attached hydrogens (tertiary/aromatic N) is 5. The van der Waals surface area contributed by atoms with Gasteiger partial charge in [0.15, 0.2) is 0 Å². The zero-order valence-electron chi connectivity index (χ0n) is 30.4. The number of aryl methyl sites for hydroxylation is 4. The third kappa shape index (κ3) is 9.32. The van der Waals surface area contributed by atoms with Crippen molar-refractivity contribution in [3.8, 4) is 5.75 Å². The van der Waals surface area contributed by atoms with Crippen molar-refractivity contribution in [1.82, 2.24) is 19.4 Å². The van der Waals surface area contributed by atoms with Crippen LogP contribution in [0, 0.1) is 6.92 Å². The van der Waals surface area contributed by atoms with E-state index in [1.165, 1.54) is 7.11 Å². The number of rotatable bonds is 2. The largest absolute Gasteiger partial charge is 0.493 e. The number of methoxy groups -OCH3 is 1. The van der Waals surface area contributed by atoms with E-state index >= 15 is 0 Å². The second-order valence-electron chi connectivity index (χ2n) is 11.7. The Morgan fingerprint density at radius 1 is 1.10 bits per heavy atom. The Hall–Kier alpha value is -3.31. The van der Waals surface area contributed by atoms with E-state index in [9.17, 15) is 4.79 Å². The van der Waals surface area contributed by atoms with Gasteiger partial charge in [0.05, 0.1) is 24.9 Å². The molecule has 0 saturated carbocycles. The number of carbonyl (C=O) groups excluding carboxylic acids is 1. The van der Waals surface area contributed by atoms with Gasteiger partial charge in [0, 0.05) is 87.5 Å². The number of fused-ring (bicyclic) bond motifs is 4. The van der Waals surface area contributed by atoms with E-state index in [1.807, 2.05) is 93.6 Å². The summed E-state index contributed by atoms with van der Waals surface area (Å²) in [6.07, 6.45) is 7.14. The van der Waals surface area contributed by atoms with E-state index in [4.69, 9.17) is 37.8 Å². The lowest BCUT2D eigenvalue weighted by atomic mass is 10.0. The smallest absolute Gasteiger partial charge is 0.354 e. The Balaban J connectivity index is 0.00000276. The van der Waals surface area contributed by atoms with E-state index in [-0.39, 0.29) is 0 Å².